The number of fused-ring (bicyclic) bond motifs is 3. The number of aryl methyl sites for hydroxylation is 1. The maximum absolute atomic E-state index is 11.5. The number of hydrogen-bond acceptors (Lipinski definition) is 1. The van der Waals surface area contributed by atoms with Gasteiger partial charge in [-0.05, 0) is 70.7 Å². The van der Waals surface area contributed by atoms with E-state index in [1.807, 2.05) is 0 Å². The van der Waals surface area contributed by atoms with Gasteiger partial charge in [0, 0.05) is 16.5 Å². The van der Waals surface area contributed by atoms with Crippen molar-refractivity contribution in [3.05, 3.63) is 99.1 Å². The van der Waals surface area contributed by atoms with Crippen molar-refractivity contribution >= 4 is 0 Å². The minimum absolute atomic E-state index is 0. The van der Waals surface area contributed by atoms with Crippen LogP contribution in [0, 0.1) is 29.2 Å². The minimum atomic E-state index is -0.111. The maximum atomic E-state index is 11.5. The summed E-state index contributed by atoms with van der Waals surface area (Å²) in [4.78, 5) is 0. The monoisotopic (exact) mass is 589 g/mol. The van der Waals surface area contributed by atoms with E-state index in [0.29, 0.717) is 5.75 Å². The largest absolute Gasteiger partial charge is 3.00 e. The molecule has 0 amide bonds. The average molecular weight is 590 g/mol. The van der Waals surface area contributed by atoms with E-state index in [4.69, 9.17) is 0 Å². The van der Waals surface area contributed by atoms with Crippen LogP contribution in [-0.4, -0.2) is 5.11 Å². The molecule has 1 aliphatic carbocycles. The van der Waals surface area contributed by atoms with Crippen LogP contribution in [-0.2, 0) is 32.5 Å². The van der Waals surface area contributed by atoms with Crippen LogP contribution in [0.15, 0.2) is 54.6 Å². The summed E-state index contributed by atoms with van der Waals surface area (Å²) in [6, 6.07) is 20.5. The first-order chi connectivity index (χ1) is 17.7. The number of aromatic hydroxyl groups is 1. The van der Waals surface area contributed by atoms with E-state index in [2.05, 4.69) is 96.1 Å². The first kappa shape index (κ1) is 39.2. The molecule has 2 heteroatoms. The minimum Gasteiger partial charge on any atom is -0.507 e. The fraction of sp³-hybridized carbons (Fsp3) is 0.462. The molecule has 0 heterocycles. The Hall–Kier alpha value is -1.83. The van der Waals surface area contributed by atoms with Crippen molar-refractivity contribution in [3.63, 3.8) is 0 Å². The second-order valence-electron chi connectivity index (χ2n) is 12.5. The van der Waals surface area contributed by atoms with Crippen LogP contribution in [0.3, 0.4) is 0 Å². The van der Waals surface area contributed by atoms with E-state index in [1.54, 1.807) is 0 Å². The standard InChI is InChI=1S/C36H48O.3CH3.Ti/c1-7-9-11-15-21-36(22-16-12-10-8-2)31-18-14-13-17-28(31)29-20-19-27(25-32(29)36)30-23-26(3)24-33(34(30)37)35(4,5)6;;;;/h13-14,17-20,23-25,37H,7-12,15-16,21-22H2,1-6H3;3*1H3;/q;3*-1;+3. The fourth-order valence-corrected chi connectivity index (χ4v) is 6.56. The summed E-state index contributed by atoms with van der Waals surface area (Å²) in [5.41, 5.74) is 10.1. The second-order valence-corrected chi connectivity index (χ2v) is 12.5. The van der Waals surface area contributed by atoms with Crippen LogP contribution in [0.4, 0.5) is 0 Å². The Morgan fingerprint density at radius 3 is 1.78 bits per heavy atom. The quantitative estimate of drug-likeness (QED) is 0.134. The van der Waals surface area contributed by atoms with Gasteiger partial charge in [0.1, 0.15) is 5.75 Å². The summed E-state index contributed by atoms with van der Waals surface area (Å²) in [6.45, 7) is 13.3. The Balaban J connectivity index is 0.00000400. The third-order valence-electron chi connectivity index (χ3n) is 8.56. The van der Waals surface area contributed by atoms with E-state index in [9.17, 15) is 5.11 Å². The molecule has 0 aliphatic heterocycles. The Morgan fingerprint density at radius 1 is 0.659 bits per heavy atom. The van der Waals surface area contributed by atoms with Crippen LogP contribution < -0.4 is 0 Å². The van der Waals surface area contributed by atoms with Gasteiger partial charge in [-0.15, -0.1) is 0 Å². The molecule has 1 nitrogen and oxygen atoms in total. The molecule has 0 atom stereocenters. The predicted octanol–water partition coefficient (Wildman–Crippen LogP) is 12.2. The Labute approximate surface area is 269 Å². The molecule has 1 N–H and O–H groups in total. The summed E-state index contributed by atoms with van der Waals surface area (Å²) in [7, 11) is 0. The van der Waals surface area contributed by atoms with E-state index in [1.165, 1.54) is 92.0 Å². The number of phenols is 1. The summed E-state index contributed by atoms with van der Waals surface area (Å²) in [5, 5.41) is 11.5. The van der Waals surface area contributed by atoms with Crippen molar-refractivity contribution in [2.45, 2.75) is 117 Å². The van der Waals surface area contributed by atoms with Gasteiger partial charge in [0.05, 0.1) is 0 Å². The molecule has 3 aromatic carbocycles. The molecule has 0 unspecified atom stereocenters. The molecule has 0 aromatic heterocycles. The van der Waals surface area contributed by atoms with Gasteiger partial charge in [0.2, 0.25) is 0 Å². The zero-order valence-electron chi connectivity index (χ0n) is 27.7. The molecule has 3 aromatic rings. The van der Waals surface area contributed by atoms with Gasteiger partial charge in [-0.1, -0.05) is 128 Å². The van der Waals surface area contributed by atoms with Crippen LogP contribution in [0.1, 0.15) is 121 Å². The van der Waals surface area contributed by atoms with Crippen molar-refractivity contribution in [3.8, 4) is 28.0 Å². The molecule has 1 radical (unpaired) electrons. The maximum Gasteiger partial charge on any atom is 3.00 e. The van der Waals surface area contributed by atoms with Gasteiger partial charge >= 0.3 is 21.7 Å². The zero-order chi connectivity index (χ0) is 26.6. The summed E-state index contributed by atoms with van der Waals surface area (Å²) >= 11 is 0. The molecule has 1 aliphatic rings. The molecular weight excluding hydrogens is 532 g/mol. The first-order valence-corrected chi connectivity index (χ1v) is 14.8. The molecule has 0 saturated carbocycles. The smallest absolute Gasteiger partial charge is 0.507 e. The van der Waals surface area contributed by atoms with E-state index < -0.39 is 0 Å². The molecule has 0 bridgehead atoms. The Bertz CT molecular complexity index is 1200. The molecule has 0 spiro atoms. The van der Waals surface area contributed by atoms with E-state index in [0.717, 1.165) is 16.7 Å². The normalized spacial score (nSPS) is 12.6. The summed E-state index contributed by atoms with van der Waals surface area (Å²) in [6.07, 6.45) is 12.7. The van der Waals surface area contributed by atoms with Crippen LogP contribution in [0.2, 0.25) is 0 Å². The zero-order valence-corrected chi connectivity index (χ0v) is 29.3. The summed E-state index contributed by atoms with van der Waals surface area (Å²) in [5.74, 6) is 0.435. The van der Waals surface area contributed by atoms with E-state index >= 15 is 0 Å². The SMILES string of the molecule is CCCCCCC1(CCCCCC)c2ccccc2-c2ccc(-c3cc(C)cc(C(C)(C)C)c3O)cc21.[CH3-].[CH3-].[CH3-].[Ti+3]. The number of benzene rings is 3. The number of phenolic OH excluding ortho intramolecular Hbond substituents is 1. The molecular formula is C39H57OTi. The Kier molecular flexibility index (Phi) is 16.0. The van der Waals surface area contributed by atoms with Crippen molar-refractivity contribution < 1.29 is 26.8 Å². The second kappa shape index (κ2) is 16.7. The first-order valence-electron chi connectivity index (χ1n) is 14.8. The third-order valence-corrected chi connectivity index (χ3v) is 8.56. The van der Waals surface area contributed by atoms with Gasteiger partial charge in [0.25, 0.3) is 0 Å². The fourth-order valence-electron chi connectivity index (χ4n) is 6.56. The van der Waals surface area contributed by atoms with Gasteiger partial charge in [0.15, 0.2) is 0 Å². The molecule has 0 saturated heterocycles. The molecule has 41 heavy (non-hydrogen) atoms. The number of hydrogen-bond donors (Lipinski definition) is 1. The van der Waals surface area contributed by atoms with Crippen LogP contribution >= 0.6 is 0 Å². The molecule has 4 rings (SSSR count). The van der Waals surface area contributed by atoms with Crippen molar-refractivity contribution in [2.75, 3.05) is 0 Å². The van der Waals surface area contributed by atoms with Crippen molar-refractivity contribution in [1.82, 2.24) is 0 Å². The number of rotatable bonds is 11. The summed E-state index contributed by atoms with van der Waals surface area (Å²) < 4.78 is 0. The topological polar surface area (TPSA) is 20.2 Å². The van der Waals surface area contributed by atoms with Crippen molar-refractivity contribution in [2.24, 2.45) is 0 Å². The van der Waals surface area contributed by atoms with Crippen LogP contribution in [0.25, 0.3) is 22.3 Å². The van der Waals surface area contributed by atoms with E-state index in [-0.39, 0.29) is 54.8 Å². The molecule has 223 valence electrons. The Morgan fingerprint density at radius 2 is 1.22 bits per heavy atom. The van der Waals surface area contributed by atoms with Gasteiger partial charge in [-0.25, -0.2) is 0 Å². The third kappa shape index (κ3) is 8.17. The van der Waals surface area contributed by atoms with Crippen molar-refractivity contribution in [1.29, 1.82) is 0 Å². The van der Waals surface area contributed by atoms with Gasteiger partial charge < -0.3 is 27.4 Å². The van der Waals surface area contributed by atoms with Gasteiger partial charge in [-0.2, -0.15) is 0 Å². The number of unbranched alkanes of at least 4 members (excludes halogenated alkanes) is 6. The van der Waals surface area contributed by atoms with Gasteiger partial charge in [-0.3, -0.25) is 0 Å². The predicted molar refractivity (Wildman–Crippen MR) is 180 cm³/mol. The average Bonchev–Trinajstić information content (AvgIpc) is 3.14. The molecule has 0 fully saturated rings. The van der Waals surface area contributed by atoms with Crippen LogP contribution in [0.5, 0.6) is 5.75 Å².